The van der Waals surface area contributed by atoms with Gasteiger partial charge in [-0.25, -0.2) is 0 Å². The smallest absolute Gasteiger partial charge is 0.264 e. The summed E-state index contributed by atoms with van der Waals surface area (Å²) in [5.41, 5.74) is 0. The maximum absolute atomic E-state index is 12.0. The maximum atomic E-state index is 12.0. The van der Waals surface area contributed by atoms with Gasteiger partial charge in [0.2, 0.25) is 0 Å². The molecule has 0 spiro atoms. The Morgan fingerprint density at radius 2 is 2.57 bits per heavy atom. The molecule has 0 aliphatic carbocycles. The first-order chi connectivity index (χ1) is 6.83. The molecule has 0 bridgehead atoms. The highest BCUT2D eigenvalue weighted by Gasteiger charge is 2.28. The highest BCUT2D eigenvalue weighted by Crippen LogP contribution is 2.23. The number of hydrogen-bond acceptors (Lipinski definition) is 2. The highest BCUT2D eigenvalue weighted by atomic mass is 79.9. The van der Waals surface area contributed by atoms with Crippen LogP contribution >= 0.6 is 27.3 Å². The van der Waals surface area contributed by atoms with Crippen LogP contribution in [0.5, 0.6) is 0 Å². The van der Waals surface area contributed by atoms with E-state index in [2.05, 4.69) is 15.9 Å². The van der Waals surface area contributed by atoms with Crippen LogP contribution in [0, 0.1) is 0 Å². The SMILES string of the molecule is O=C(c1cccs1)N1CCC[C@H]1CBr. The molecule has 0 aromatic carbocycles. The normalized spacial score (nSPS) is 21.5. The van der Waals surface area contributed by atoms with Crippen LogP contribution in [0.4, 0.5) is 0 Å². The number of halogens is 1. The number of rotatable bonds is 2. The summed E-state index contributed by atoms with van der Waals surface area (Å²) in [5.74, 6) is 0.196. The minimum atomic E-state index is 0.196. The third-order valence-electron chi connectivity index (χ3n) is 2.55. The van der Waals surface area contributed by atoms with Crippen molar-refractivity contribution >= 4 is 33.2 Å². The summed E-state index contributed by atoms with van der Waals surface area (Å²) < 4.78 is 0. The van der Waals surface area contributed by atoms with Crippen molar-refractivity contribution < 1.29 is 4.79 Å². The first-order valence-electron chi connectivity index (χ1n) is 4.73. The van der Waals surface area contributed by atoms with Crippen LogP contribution in [0.2, 0.25) is 0 Å². The molecular formula is C10H12BrNOS. The van der Waals surface area contributed by atoms with Gasteiger partial charge in [0.05, 0.1) is 4.88 Å². The average molecular weight is 274 g/mol. The van der Waals surface area contributed by atoms with Gasteiger partial charge in [0, 0.05) is 17.9 Å². The molecule has 2 heterocycles. The van der Waals surface area contributed by atoms with Gasteiger partial charge in [0.1, 0.15) is 0 Å². The Morgan fingerprint density at radius 1 is 1.71 bits per heavy atom. The van der Waals surface area contributed by atoms with Gasteiger partial charge in [-0.05, 0) is 24.3 Å². The number of carbonyl (C=O) groups excluding carboxylic acids is 1. The highest BCUT2D eigenvalue weighted by molar-refractivity contribution is 9.09. The Balaban J connectivity index is 2.11. The van der Waals surface area contributed by atoms with E-state index in [4.69, 9.17) is 0 Å². The zero-order valence-corrected chi connectivity index (χ0v) is 10.2. The van der Waals surface area contributed by atoms with Crippen molar-refractivity contribution in [2.45, 2.75) is 18.9 Å². The molecule has 1 atom stereocenters. The van der Waals surface area contributed by atoms with Crippen molar-refractivity contribution in [3.8, 4) is 0 Å². The fourth-order valence-electron chi connectivity index (χ4n) is 1.81. The summed E-state index contributed by atoms with van der Waals surface area (Å²) in [7, 11) is 0. The predicted octanol–water partition coefficient (Wildman–Crippen LogP) is 2.75. The Bertz CT molecular complexity index is 312. The first kappa shape index (κ1) is 10.2. The monoisotopic (exact) mass is 273 g/mol. The lowest BCUT2D eigenvalue weighted by atomic mass is 10.2. The molecule has 1 aliphatic rings. The van der Waals surface area contributed by atoms with Crippen LogP contribution in [0.25, 0.3) is 0 Å². The zero-order valence-electron chi connectivity index (χ0n) is 7.78. The second-order valence-electron chi connectivity index (χ2n) is 3.43. The lowest BCUT2D eigenvalue weighted by Crippen LogP contribution is -2.35. The molecule has 2 nitrogen and oxygen atoms in total. The summed E-state index contributed by atoms with van der Waals surface area (Å²) in [6, 6.07) is 4.22. The molecule has 1 amide bonds. The molecule has 1 saturated heterocycles. The summed E-state index contributed by atoms with van der Waals surface area (Å²) in [6.07, 6.45) is 2.26. The lowest BCUT2D eigenvalue weighted by molar-refractivity contribution is 0.0755. The number of nitrogens with zero attached hydrogens (tertiary/aromatic N) is 1. The van der Waals surface area contributed by atoms with Crippen molar-refractivity contribution in [1.82, 2.24) is 4.90 Å². The molecular weight excluding hydrogens is 262 g/mol. The predicted molar refractivity (Wildman–Crippen MR) is 62.2 cm³/mol. The first-order valence-corrected chi connectivity index (χ1v) is 6.73. The Labute approximate surface area is 96.0 Å². The molecule has 14 heavy (non-hydrogen) atoms. The summed E-state index contributed by atoms with van der Waals surface area (Å²) in [5, 5.41) is 2.84. The third-order valence-corrected chi connectivity index (χ3v) is 4.15. The van der Waals surface area contributed by atoms with E-state index in [1.807, 2.05) is 22.4 Å². The van der Waals surface area contributed by atoms with Crippen molar-refractivity contribution in [2.75, 3.05) is 11.9 Å². The van der Waals surface area contributed by atoms with E-state index in [0.29, 0.717) is 6.04 Å². The minimum Gasteiger partial charge on any atom is -0.334 e. The van der Waals surface area contributed by atoms with Crippen molar-refractivity contribution in [2.24, 2.45) is 0 Å². The summed E-state index contributed by atoms with van der Waals surface area (Å²) >= 11 is 4.98. The molecule has 2 rings (SSSR count). The Hall–Kier alpha value is -0.350. The van der Waals surface area contributed by atoms with Gasteiger partial charge >= 0.3 is 0 Å². The molecule has 1 aromatic heterocycles. The molecule has 0 unspecified atom stereocenters. The van der Waals surface area contributed by atoms with Gasteiger partial charge in [0.15, 0.2) is 0 Å². The average Bonchev–Trinajstić information content (AvgIpc) is 2.87. The standard InChI is InChI=1S/C10H12BrNOS/c11-7-8-3-1-5-12(8)10(13)9-4-2-6-14-9/h2,4,6,8H,1,3,5,7H2/t8-/m0/s1. The summed E-state index contributed by atoms with van der Waals surface area (Å²) in [4.78, 5) is 14.8. The molecule has 76 valence electrons. The fraction of sp³-hybridized carbons (Fsp3) is 0.500. The molecule has 1 fully saturated rings. The molecule has 0 radical (unpaired) electrons. The third kappa shape index (κ3) is 1.86. The van der Waals surface area contributed by atoms with Gasteiger partial charge in [0.25, 0.3) is 5.91 Å². The molecule has 1 aliphatic heterocycles. The van der Waals surface area contributed by atoms with Crippen molar-refractivity contribution in [3.05, 3.63) is 22.4 Å². The number of carbonyl (C=O) groups is 1. The Morgan fingerprint density at radius 3 is 3.21 bits per heavy atom. The lowest BCUT2D eigenvalue weighted by Gasteiger charge is -2.22. The van der Waals surface area contributed by atoms with Crippen LogP contribution in [-0.4, -0.2) is 28.7 Å². The Kier molecular flexibility index (Phi) is 3.23. The van der Waals surface area contributed by atoms with Crippen LogP contribution in [0.1, 0.15) is 22.5 Å². The number of amides is 1. The van der Waals surface area contributed by atoms with Crippen LogP contribution in [-0.2, 0) is 0 Å². The van der Waals surface area contributed by atoms with E-state index in [0.717, 1.165) is 29.6 Å². The number of alkyl halides is 1. The van der Waals surface area contributed by atoms with Crippen LogP contribution in [0.15, 0.2) is 17.5 Å². The molecule has 1 aromatic rings. The molecule has 0 N–H and O–H groups in total. The largest absolute Gasteiger partial charge is 0.334 e. The number of hydrogen-bond donors (Lipinski definition) is 0. The second-order valence-corrected chi connectivity index (χ2v) is 5.02. The molecule has 4 heteroatoms. The van der Waals surface area contributed by atoms with E-state index < -0.39 is 0 Å². The second kappa shape index (κ2) is 4.45. The van der Waals surface area contributed by atoms with Gasteiger partial charge in [-0.1, -0.05) is 22.0 Å². The number of thiophene rings is 1. The van der Waals surface area contributed by atoms with Crippen molar-refractivity contribution in [3.63, 3.8) is 0 Å². The van der Waals surface area contributed by atoms with Gasteiger partial charge in [-0.15, -0.1) is 11.3 Å². The van der Waals surface area contributed by atoms with E-state index in [-0.39, 0.29) is 5.91 Å². The topological polar surface area (TPSA) is 20.3 Å². The maximum Gasteiger partial charge on any atom is 0.264 e. The van der Waals surface area contributed by atoms with Crippen LogP contribution < -0.4 is 0 Å². The molecule has 0 saturated carbocycles. The minimum absolute atomic E-state index is 0.196. The van der Waals surface area contributed by atoms with Crippen molar-refractivity contribution in [1.29, 1.82) is 0 Å². The van der Waals surface area contributed by atoms with E-state index in [1.54, 1.807) is 0 Å². The fourth-order valence-corrected chi connectivity index (χ4v) is 3.16. The van der Waals surface area contributed by atoms with Gasteiger partial charge in [-0.2, -0.15) is 0 Å². The number of likely N-dealkylation sites (tertiary alicyclic amines) is 1. The van der Waals surface area contributed by atoms with Gasteiger partial charge < -0.3 is 4.90 Å². The van der Waals surface area contributed by atoms with E-state index >= 15 is 0 Å². The van der Waals surface area contributed by atoms with E-state index in [1.165, 1.54) is 11.3 Å². The zero-order chi connectivity index (χ0) is 9.97. The summed E-state index contributed by atoms with van der Waals surface area (Å²) in [6.45, 7) is 0.910. The van der Waals surface area contributed by atoms with E-state index in [9.17, 15) is 4.79 Å². The van der Waals surface area contributed by atoms with Crippen LogP contribution in [0.3, 0.4) is 0 Å². The quantitative estimate of drug-likeness (QED) is 0.759. The van der Waals surface area contributed by atoms with Gasteiger partial charge in [-0.3, -0.25) is 4.79 Å².